The van der Waals surface area contributed by atoms with Crippen molar-refractivity contribution in [3.05, 3.63) is 71.3 Å². The van der Waals surface area contributed by atoms with E-state index in [1.54, 1.807) is 57.7 Å². The molecule has 0 aliphatic carbocycles. The lowest BCUT2D eigenvalue weighted by atomic mass is 9.98. The van der Waals surface area contributed by atoms with Gasteiger partial charge in [0.05, 0.1) is 35.6 Å². The molecule has 3 aromatic carbocycles. The molecule has 0 radical (unpaired) electrons. The highest BCUT2D eigenvalue weighted by Crippen LogP contribution is 2.38. The molecule has 1 N–H and O–H groups in total. The zero-order valence-corrected chi connectivity index (χ0v) is 26.5. The summed E-state index contributed by atoms with van der Waals surface area (Å²) in [5, 5.41) is 14.5. The van der Waals surface area contributed by atoms with Crippen molar-refractivity contribution in [2.75, 3.05) is 16.8 Å². The van der Waals surface area contributed by atoms with Crippen LogP contribution in [0.1, 0.15) is 58.2 Å². The molecule has 1 aliphatic heterocycles. The number of nitrogens with zero attached hydrogens (tertiary/aromatic N) is 4. The molecule has 0 aromatic heterocycles. The molecule has 10 nitrogen and oxygen atoms in total. The second kappa shape index (κ2) is 12.4. The topological polar surface area (TPSA) is 123 Å². The number of likely N-dealkylation sites (N-methyl/N-ethyl adjacent to an activating group) is 1. The monoisotopic (exact) mass is 597 g/mol. The number of aryl methyl sites for hydroxylation is 1. The normalized spacial score (nSPS) is 17.3. The Hall–Kier alpha value is -4.91. The molecule has 4 amide bonds. The van der Waals surface area contributed by atoms with Gasteiger partial charge in [0.2, 0.25) is 11.8 Å². The van der Waals surface area contributed by atoms with E-state index in [1.807, 2.05) is 43.3 Å². The fourth-order valence-corrected chi connectivity index (χ4v) is 5.43. The second-order valence-corrected chi connectivity index (χ2v) is 12.2. The predicted octanol–water partition coefficient (Wildman–Crippen LogP) is 5.05. The number of carbonyl (C=O) groups is 4. The quantitative estimate of drug-likeness (QED) is 0.439. The Morgan fingerprint density at radius 1 is 1.09 bits per heavy atom. The van der Waals surface area contributed by atoms with Crippen LogP contribution in [0.3, 0.4) is 0 Å². The first kappa shape index (κ1) is 32.0. The van der Waals surface area contributed by atoms with E-state index in [0.717, 1.165) is 21.9 Å². The van der Waals surface area contributed by atoms with Crippen LogP contribution in [-0.2, 0) is 25.7 Å². The van der Waals surface area contributed by atoms with Crippen LogP contribution in [0.15, 0.2) is 54.6 Å². The number of nitrogens with one attached hydrogen (secondary N) is 1. The first-order valence-corrected chi connectivity index (χ1v) is 14.5. The summed E-state index contributed by atoms with van der Waals surface area (Å²) < 4.78 is 5.42. The summed E-state index contributed by atoms with van der Waals surface area (Å²) in [6.45, 7) is 11.9. The summed E-state index contributed by atoms with van der Waals surface area (Å²) in [4.78, 5) is 58.2. The number of rotatable bonds is 5. The van der Waals surface area contributed by atoms with E-state index in [-0.39, 0.29) is 12.5 Å². The van der Waals surface area contributed by atoms with Crippen molar-refractivity contribution >= 4 is 46.0 Å². The molecule has 0 bridgehead atoms. The maximum Gasteiger partial charge on any atom is 0.410 e. The Kier molecular flexibility index (Phi) is 9.00. The average Bonchev–Trinajstić information content (AvgIpc) is 3.04. The van der Waals surface area contributed by atoms with Gasteiger partial charge in [-0.3, -0.25) is 19.3 Å². The first-order chi connectivity index (χ1) is 20.6. The number of hydrogen-bond acceptors (Lipinski definition) is 6. The number of hydrogen-bond donors (Lipinski definition) is 1. The molecule has 1 aliphatic rings. The van der Waals surface area contributed by atoms with Gasteiger partial charge >= 0.3 is 6.09 Å². The van der Waals surface area contributed by atoms with Gasteiger partial charge in [0, 0.05) is 14.0 Å². The van der Waals surface area contributed by atoms with Crippen LogP contribution in [0.25, 0.3) is 10.8 Å². The van der Waals surface area contributed by atoms with Crippen molar-refractivity contribution in [1.82, 2.24) is 10.2 Å². The maximum absolute atomic E-state index is 14.5. The van der Waals surface area contributed by atoms with E-state index in [0.29, 0.717) is 16.9 Å². The highest BCUT2D eigenvalue weighted by molar-refractivity contribution is 6.09. The van der Waals surface area contributed by atoms with Crippen LogP contribution in [0.2, 0.25) is 0 Å². The Morgan fingerprint density at radius 2 is 1.77 bits per heavy atom. The number of carbonyl (C=O) groups excluding carboxylic acids is 4. The third kappa shape index (κ3) is 6.37. The number of amides is 4. The molecule has 1 heterocycles. The Labute approximate surface area is 258 Å². The fourth-order valence-electron chi connectivity index (χ4n) is 5.43. The van der Waals surface area contributed by atoms with Crippen molar-refractivity contribution in [2.45, 2.75) is 78.7 Å². The summed E-state index contributed by atoms with van der Waals surface area (Å²) in [7, 11) is 1.45. The Morgan fingerprint density at radius 3 is 2.41 bits per heavy atom. The zero-order chi connectivity index (χ0) is 32.5. The molecule has 0 unspecified atom stereocenters. The molecule has 10 heteroatoms. The Bertz CT molecular complexity index is 1670. The largest absolute Gasteiger partial charge is 0.444 e. The molecule has 44 heavy (non-hydrogen) atoms. The lowest BCUT2D eigenvalue weighted by Crippen LogP contribution is -2.60. The van der Waals surface area contributed by atoms with Crippen molar-refractivity contribution in [1.29, 1.82) is 5.26 Å². The SMILES string of the molecule is CC(=O)N1c2cc(C#N)ccc2N(Cc2c(C)ccc3ccccc23)C(=O)[C@@H](NC(=O)[C@H](C)N(C)C(=O)OC(C)(C)C)[C@@H]1C. The summed E-state index contributed by atoms with van der Waals surface area (Å²) >= 11 is 0. The second-order valence-electron chi connectivity index (χ2n) is 12.2. The molecule has 3 atom stereocenters. The predicted molar refractivity (Wildman–Crippen MR) is 169 cm³/mol. The molecule has 0 fully saturated rings. The first-order valence-electron chi connectivity index (χ1n) is 14.5. The minimum absolute atomic E-state index is 0.156. The van der Waals surface area contributed by atoms with Crippen LogP contribution in [0.4, 0.5) is 16.2 Å². The summed E-state index contributed by atoms with van der Waals surface area (Å²) in [5.41, 5.74) is 2.29. The third-order valence-electron chi connectivity index (χ3n) is 7.95. The number of benzene rings is 3. The Balaban J connectivity index is 1.80. The van der Waals surface area contributed by atoms with E-state index >= 15 is 0 Å². The molecule has 0 spiro atoms. The van der Waals surface area contributed by atoms with Gasteiger partial charge in [-0.05, 0) is 81.6 Å². The molecule has 0 saturated carbocycles. The molecule has 3 aromatic rings. The number of ether oxygens (including phenoxy) is 1. The van der Waals surface area contributed by atoms with E-state index in [1.165, 1.54) is 23.8 Å². The standard InChI is InChI=1S/C34H39N5O5/c1-20-13-15-25-11-9-10-12-26(25)27(20)19-38-28-16-14-24(18-35)17-29(28)39(23(4)40)21(2)30(32(38)42)36-31(41)22(3)37(8)33(43)44-34(5,6)7/h9-17,21-22,30H,19H2,1-8H3,(H,36,41)/t21-,22-,30-/m0/s1. The van der Waals surface area contributed by atoms with Crippen LogP contribution < -0.4 is 15.1 Å². The minimum Gasteiger partial charge on any atom is -0.444 e. The van der Waals surface area contributed by atoms with Gasteiger partial charge in [-0.2, -0.15) is 5.26 Å². The van der Waals surface area contributed by atoms with Gasteiger partial charge in [-0.15, -0.1) is 0 Å². The van der Waals surface area contributed by atoms with Crippen LogP contribution in [-0.4, -0.2) is 59.5 Å². The fraction of sp³-hybridized carbons (Fsp3) is 0.382. The highest BCUT2D eigenvalue weighted by atomic mass is 16.6. The van der Waals surface area contributed by atoms with Crippen LogP contribution >= 0.6 is 0 Å². The highest BCUT2D eigenvalue weighted by Gasteiger charge is 2.42. The lowest BCUT2D eigenvalue weighted by molar-refractivity contribution is -0.131. The van der Waals surface area contributed by atoms with Gasteiger partial charge in [0.25, 0.3) is 5.91 Å². The van der Waals surface area contributed by atoms with E-state index < -0.39 is 41.6 Å². The molecule has 0 saturated heterocycles. The van der Waals surface area contributed by atoms with E-state index in [9.17, 15) is 24.4 Å². The third-order valence-corrected chi connectivity index (χ3v) is 7.95. The summed E-state index contributed by atoms with van der Waals surface area (Å²) in [6.07, 6.45) is -0.685. The number of fused-ring (bicyclic) bond motifs is 2. The van der Waals surface area contributed by atoms with Crippen LogP contribution in [0.5, 0.6) is 0 Å². The number of nitriles is 1. The average molecular weight is 598 g/mol. The van der Waals surface area contributed by atoms with Crippen molar-refractivity contribution in [2.24, 2.45) is 0 Å². The van der Waals surface area contributed by atoms with Gasteiger partial charge in [-0.25, -0.2) is 4.79 Å². The summed E-state index contributed by atoms with van der Waals surface area (Å²) in [6, 6.07) is 15.9. The van der Waals surface area contributed by atoms with Gasteiger partial charge in [-0.1, -0.05) is 36.4 Å². The smallest absolute Gasteiger partial charge is 0.410 e. The summed E-state index contributed by atoms with van der Waals surface area (Å²) in [5.74, 6) is -1.37. The zero-order valence-electron chi connectivity index (χ0n) is 26.5. The lowest BCUT2D eigenvalue weighted by Gasteiger charge is -2.33. The van der Waals surface area contributed by atoms with Gasteiger partial charge < -0.3 is 19.9 Å². The van der Waals surface area contributed by atoms with Crippen molar-refractivity contribution in [3.8, 4) is 6.07 Å². The van der Waals surface area contributed by atoms with Crippen molar-refractivity contribution in [3.63, 3.8) is 0 Å². The molecular weight excluding hydrogens is 558 g/mol. The minimum atomic E-state index is -1.17. The van der Waals surface area contributed by atoms with Crippen molar-refractivity contribution < 1.29 is 23.9 Å². The maximum atomic E-state index is 14.5. The van der Waals surface area contributed by atoms with Gasteiger partial charge in [0.15, 0.2) is 0 Å². The molecular formula is C34H39N5O5. The van der Waals surface area contributed by atoms with Crippen LogP contribution in [0, 0.1) is 18.3 Å². The van der Waals surface area contributed by atoms with Gasteiger partial charge in [0.1, 0.15) is 17.7 Å². The molecule has 230 valence electrons. The van der Waals surface area contributed by atoms with E-state index in [2.05, 4.69) is 11.4 Å². The van der Waals surface area contributed by atoms with E-state index in [4.69, 9.17) is 4.74 Å². The molecule has 4 rings (SSSR count). The number of anilines is 2.